The van der Waals surface area contributed by atoms with Crippen LogP contribution < -0.4 is 5.32 Å². The molecule has 0 fully saturated rings. The smallest absolute Gasteiger partial charge is 0.322 e. The number of nitrogens with one attached hydrogen (secondary N) is 1. The summed E-state index contributed by atoms with van der Waals surface area (Å²) >= 11 is 0. The van der Waals surface area contributed by atoms with Crippen molar-refractivity contribution in [3.05, 3.63) is 0 Å². The molecule has 5 heteroatoms. The highest BCUT2D eigenvalue weighted by atomic mass is 32.2. The predicted octanol–water partition coefficient (Wildman–Crippen LogP) is 0.296. The molecule has 0 aliphatic rings. The van der Waals surface area contributed by atoms with Gasteiger partial charge in [0.15, 0.2) is 0 Å². The number of carbonyl (C=O) groups is 1. The third kappa shape index (κ3) is 6.10. The molecule has 2 atom stereocenters. The van der Waals surface area contributed by atoms with Crippen molar-refractivity contribution in [1.82, 2.24) is 5.32 Å². The Morgan fingerprint density at radius 3 is 2.64 bits per heavy atom. The second kappa shape index (κ2) is 7.94. The highest BCUT2D eigenvalue weighted by molar-refractivity contribution is 7.84. The Morgan fingerprint density at radius 1 is 1.50 bits per heavy atom. The Hall–Kier alpha value is -0.420. The van der Waals surface area contributed by atoms with Crippen LogP contribution in [-0.4, -0.2) is 40.9 Å². The van der Waals surface area contributed by atoms with E-state index in [1.165, 1.54) is 0 Å². The van der Waals surface area contributed by atoms with Crippen molar-refractivity contribution in [2.45, 2.75) is 26.8 Å². The molecule has 0 spiro atoms. The minimum Gasteiger partial charge on any atom is -0.465 e. The first kappa shape index (κ1) is 13.6. The topological polar surface area (TPSA) is 55.4 Å². The molecule has 4 nitrogen and oxygen atoms in total. The fraction of sp³-hybridized carbons (Fsp3) is 0.889. The zero-order chi connectivity index (χ0) is 11.0. The fourth-order valence-electron chi connectivity index (χ4n) is 0.884. The monoisotopic (exact) mass is 221 g/mol. The molecule has 0 amide bonds. The first-order valence-corrected chi connectivity index (χ1v) is 6.35. The second-order valence-electron chi connectivity index (χ2n) is 2.86. The van der Waals surface area contributed by atoms with Crippen LogP contribution in [0.15, 0.2) is 0 Å². The van der Waals surface area contributed by atoms with Crippen LogP contribution in [0.1, 0.15) is 20.8 Å². The maximum Gasteiger partial charge on any atom is 0.322 e. The normalized spacial score (nSPS) is 14.8. The molecular formula is C9H19NO3S. The lowest BCUT2D eigenvalue weighted by atomic mass is 10.3. The van der Waals surface area contributed by atoms with E-state index in [-0.39, 0.29) is 12.0 Å². The molecule has 0 aromatic rings. The molecule has 0 radical (unpaired) electrons. The van der Waals surface area contributed by atoms with Gasteiger partial charge in [0.25, 0.3) is 0 Å². The lowest BCUT2D eigenvalue weighted by Crippen LogP contribution is -2.37. The minimum absolute atomic E-state index is 0.255. The second-order valence-corrected chi connectivity index (χ2v) is 4.73. The van der Waals surface area contributed by atoms with Gasteiger partial charge in [-0.3, -0.25) is 9.00 Å². The molecule has 0 aliphatic heterocycles. The Bertz CT molecular complexity index is 196. The van der Waals surface area contributed by atoms with Crippen molar-refractivity contribution in [3.8, 4) is 0 Å². The quantitative estimate of drug-likeness (QED) is 0.628. The van der Waals surface area contributed by atoms with Crippen LogP contribution in [0.25, 0.3) is 0 Å². The number of rotatable bonds is 7. The van der Waals surface area contributed by atoms with Gasteiger partial charge >= 0.3 is 5.97 Å². The van der Waals surface area contributed by atoms with Crippen molar-refractivity contribution in [3.63, 3.8) is 0 Å². The molecule has 2 unspecified atom stereocenters. The summed E-state index contributed by atoms with van der Waals surface area (Å²) < 4.78 is 15.9. The Kier molecular flexibility index (Phi) is 7.70. The summed E-state index contributed by atoms with van der Waals surface area (Å²) in [6.45, 7) is 6.38. The molecule has 0 heterocycles. The van der Waals surface area contributed by atoms with Gasteiger partial charge in [-0.25, -0.2) is 0 Å². The van der Waals surface area contributed by atoms with Crippen LogP contribution in [0.3, 0.4) is 0 Å². The molecule has 0 saturated heterocycles. The van der Waals surface area contributed by atoms with Crippen LogP contribution in [0.2, 0.25) is 0 Å². The minimum atomic E-state index is -0.775. The first-order chi connectivity index (χ1) is 6.61. The Morgan fingerprint density at radius 2 is 2.14 bits per heavy atom. The maximum absolute atomic E-state index is 11.1. The number of ether oxygens (including phenoxy) is 1. The van der Waals surface area contributed by atoms with E-state index in [9.17, 15) is 9.00 Å². The van der Waals surface area contributed by atoms with Gasteiger partial charge < -0.3 is 10.1 Å². The summed E-state index contributed by atoms with van der Waals surface area (Å²) in [5.41, 5.74) is 0. The number of carbonyl (C=O) groups excluding carboxylic acids is 1. The third-order valence-corrected chi connectivity index (χ3v) is 3.05. The molecule has 14 heavy (non-hydrogen) atoms. The van der Waals surface area contributed by atoms with Gasteiger partial charge in [0.2, 0.25) is 0 Å². The van der Waals surface area contributed by atoms with Crippen molar-refractivity contribution in [2.75, 3.05) is 24.7 Å². The lowest BCUT2D eigenvalue weighted by Gasteiger charge is -2.11. The molecule has 84 valence electrons. The molecular weight excluding hydrogens is 202 g/mol. The third-order valence-electron chi connectivity index (χ3n) is 1.74. The highest BCUT2D eigenvalue weighted by Crippen LogP contribution is 1.88. The van der Waals surface area contributed by atoms with Gasteiger partial charge in [-0.2, -0.15) is 0 Å². The highest BCUT2D eigenvalue weighted by Gasteiger charge is 2.12. The molecule has 0 aromatic carbocycles. The molecule has 0 saturated carbocycles. The van der Waals surface area contributed by atoms with Crippen LogP contribution in [0.4, 0.5) is 0 Å². The SMILES string of the molecule is CCOC(=O)C(C)NCCS(=O)CC. The van der Waals surface area contributed by atoms with Crippen LogP contribution in [0, 0.1) is 0 Å². The van der Waals surface area contributed by atoms with Gasteiger partial charge in [0.1, 0.15) is 6.04 Å². The molecule has 0 aliphatic carbocycles. The zero-order valence-electron chi connectivity index (χ0n) is 9.04. The zero-order valence-corrected chi connectivity index (χ0v) is 9.86. The van der Waals surface area contributed by atoms with Crippen molar-refractivity contribution in [2.24, 2.45) is 0 Å². The van der Waals surface area contributed by atoms with E-state index in [1.54, 1.807) is 13.8 Å². The van der Waals surface area contributed by atoms with E-state index in [1.807, 2.05) is 6.92 Å². The fourth-order valence-corrected chi connectivity index (χ4v) is 1.52. The first-order valence-electron chi connectivity index (χ1n) is 4.86. The van der Waals surface area contributed by atoms with E-state index in [4.69, 9.17) is 4.74 Å². The lowest BCUT2D eigenvalue weighted by molar-refractivity contribution is -0.145. The molecule has 1 N–H and O–H groups in total. The number of hydrogen-bond acceptors (Lipinski definition) is 4. The van der Waals surface area contributed by atoms with E-state index < -0.39 is 10.8 Å². The van der Waals surface area contributed by atoms with Crippen molar-refractivity contribution >= 4 is 16.8 Å². The number of hydrogen-bond donors (Lipinski definition) is 1. The summed E-state index contributed by atoms with van der Waals surface area (Å²) in [5.74, 6) is 0.991. The van der Waals surface area contributed by atoms with Crippen molar-refractivity contribution in [1.29, 1.82) is 0 Å². The van der Waals surface area contributed by atoms with Crippen LogP contribution in [-0.2, 0) is 20.3 Å². The predicted molar refractivity (Wildman–Crippen MR) is 57.6 cm³/mol. The molecule has 0 aromatic heterocycles. The summed E-state index contributed by atoms with van der Waals surface area (Å²) in [6, 6.07) is -0.316. The van der Waals surface area contributed by atoms with E-state index >= 15 is 0 Å². The average Bonchev–Trinajstić information content (AvgIpc) is 2.17. The summed E-state index contributed by atoms with van der Waals surface area (Å²) in [7, 11) is -0.775. The van der Waals surface area contributed by atoms with Gasteiger partial charge in [-0.1, -0.05) is 6.92 Å². The van der Waals surface area contributed by atoms with Gasteiger partial charge in [0, 0.05) is 28.9 Å². The maximum atomic E-state index is 11.1. The van der Waals surface area contributed by atoms with Gasteiger partial charge in [-0.05, 0) is 13.8 Å². The summed E-state index contributed by atoms with van der Waals surface area (Å²) in [5, 5.41) is 2.96. The number of esters is 1. The summed E-state index contributed by atoms with van der Waals surface area (Å²) in [4.78, 5) is 11.1. The van der Waals surface area contributed by atoms with E-state index in [0.717, 1.165) is 0 Å². The largest absolute Gasteiger partial charge is 0.465 e. The Labute approximate surface area is 87.9 Å². The van der Waals surface area contributed by atoms with Crippen LogP contribution >= 0.6 is 0 Å². The molecule has 0 bridgehead atoms. The van der Waals surface area contributed by atoms with Gasteiger partial charge in [-0.15, -0.1) is 0 Å². The molecule has 0 rings (SSSR count). The van der Waals surface area contributed by atoms with E-state index in [2.05, 4.69) is 5.32 Å². The Balaban J connectivity index is 3.58. The average molecular weight is 221 g/mol. The van der Waals surface area contributed by atoms with Crippen LogP contribution in [0.5, 0.6) is 0 Å². The summed E-state index contributed by atoms with van der Waals surface area (Å²) in [6.07, 6.45) is 0. The van der Waals surface area contributed by atoms with Crippen molar-refractivity contribution < 1.29 is 13.7 Å². The van der Waals surface area contributed by atoms with E-state index in [0.29, 0.717) is 24.7 Å². The standard InChI is InChI=1S/C9H19NO3S/c1-4-13-9(11)8(3)10-6-7-14(12)5-2/h8,10H,4-7H2,1-3H3. The van der Waals surface area contributed by atoms with Gasteiger partial charge in [0.05, 0.1) is 6.61 Å².